The number of amides is 1. The number of nitrogens with zero attached hydrogens (tertiary/aromatic N) is 1. The van der Waals surface area contributed by atoms with Gasteiger partial charge >= 0.3 is 12.1 Å². The molecule has 24 heavy (non-hydrogen) atoms. The first kappa shape index (κ1) is 20.0. The molecule has 1 aromatic heterocycles. The minimum absolute atomic E-state index is 0.269. The summed E-state index contributed by atoms with van der Waals surface area (Å²) in [5, 5.41) is 5.55. The topological polar surface area (TPSA) is 116 Å². The number of nitrogens with two attached hydrogens (primary N) is 1. The molecule has 8 nitrogen and oxygen atoms in total. The highest BCUT2D eigenvalue weighted by Gasteiger charge is 2.30. The molecule has 0 bridgehead atoms. The summed E-state index contributed by atoms with van der Waals surface area (Å²) in [7, 11) is 1.24. The molecule has 0 radical (unpaired) electrons. The maximum absolute atomic E-state index is 12.0. The number of nitrogens with one attached hydrogen (secondary N) is 2. The van der Waals surface area contributed by atoms with Crippen LogP contribution in [-0.2, 0) is 14.3 Å². The van der Waals surface area contributed by atoms with Crippen molar-refractivity contribution < 1.29 is 19.1 Å². The van der Waals surface area contributed by atoms with Gasteiger partial charge in [0.2, 0.25) is 0 Å². The van der Waals surface area contributed by atoms with Crippen molar-refractivity contribution in [2.75, 3.05) is 18.2 Å². The van der Waals surface area contributed by atoms with Gasteiger partial charge in [0.1, 0.15) is 17.5 Å². The summed E-state index contributed by atoms with van der Waals surface area (Å²) in [4.78, 5) is 28.0. The number of carbonyl (C=O) groups excluding carboxylic acids is 2. The Hall–Kier alpha value is -2.03. The number of carbonyl (C=O) groups is 2. The molecule has 9 heteroatoms. The Morgan fingerprint density at radius 1 is 1.38 bits per heavy atom. The zero-order valence-corrected chi connectivity index (χ0v) is 15.9. The number of alkyl carbamates (subject to hydrolysis) is 1. The van der Waals surface area contributed by atoms with E-state index >= 15 is 0 Å². The molecule has 0 aromatic carbocycles. The molecule has 1 heterocycles. The zero-order chi connectivity index (χ0) is 18.5. The standard InChI is InChI=1S/C15H23BrN4O4/c1-8(19-10-6-9(16)7-18-12(10)17)11(13(21)23-5)20-14(22)24-15(2,3)4/h6-8,11,19H,1-5H3,(H2,17,18)(H,20,22)/t8-,11-/m1/s1. The van der Waals surface area contributed by atoms with Crippen LogP contribution in [0.5, 0.6) is 0 Å². The van der Waals surface area contributed by atoms with Crippen LogP contribution in [0.25, 0.3) is 0 Å². The Balaban J connectivity index is 2.89. The Morgan fingerprint density at radius 2 is 2.00 bits per heavy atom. The van der Waals surface area contributed by atoms with E-state index in [1.807, 2.05) is 0 Å². The van der Waals surface area contributed by atoms with Crippen LogP contribution < -0.4 is 16.4 Å². The molecule has 1 amide bonds. The minimum atomic E-state index is -0.969. The average molecular weight is 403 g/mol. The average Bonchev–Trinajstić information content (AvgIpc) is 2.45. The van der Waals surface area contributed by atoms with Crippen molar-refractivity contribution in [2.24, 2.45) is 0 Å². The van der Waals surface area contributed by atoms with Crippen LogP contribution in [0.15, 0.2) is 16.7 Å². The van der Waals surface area contributed by atoms with Crippen LogP contribution >= 0.6 is 15.9 Å². The summed E-state index contributed by atoms with van der Waals surface area (Å²) in [6.07, 6.45) is 0.842. The lowest BCUT2D eigenvalue weighted by atomic mass is 10.1. The Kier molecular flexibility index (Phi) is 6.82. The number of hydrogen-bond donors (Lipinski definition) is 3. The van der Waals surface area contributed by atoms with Gasteiger partial charge in [0, 0.05) is 10.7 Å². The van der Waals surface area contributed by atoms with Crippen molar-refractivity contribution in [3.05, 3.63) is 16.7 Å². The number of ether oxygens (including phenoxy) is 2. The number of halogens is 1. The Morgan fingerprint density at radius 3 is 2.54 bits per heavy atom. The molecule has 0 fully saturated rings. The van der Waals surface area contributed by atoms with E-state index in [1.54, 1.807) is 40.0 Å². The number of rotatable bonds is 5. The molecule has 0 unspecified atom stereocenters. The fraction of sp³-hybridized carbons (Fsp3) is 0.533. The third-order valence-electron chi connectivity index (χ3n) is 2.90. The van der Waals surface area contributed by atoms with E-state index in [0.717, 1.165) is 4.47 Å². The predicted molar refractivity (Wildman–Crippen MR) is 94.6 cm³/mol. The highest BCUT2D eigenvalue weighted by Crippen LogP contribution is 2.22. The molecular weight excluding hydrogens is 380 g/mol. The number of aromatic nitrogens is 1. The maximum atomic E-state index is 12.0. The third kappa shape index (κ3) is 6.23. The van der Waals surface area contributed by atoms with Gasteiger partial charge in [-0.1, -0.05) is 0 Å². The second-order valence-electron chi connectivity index (χ2n) is 6.17. The molecule has 0 saturated carbocycles. The molecule has 4 N–H and O–H groups in total. The smallest absolute Gasteiger partial charge is 0.408 e. The monoisotopic (exact) mass is 402 g/mol. The summed E-state index contributed by atoms with van der Waals surface area (Å²) >= 11 is 3.30. The van der Waals surface area contributed by atoms with Crippen molar-refractivity contribution in [3.63, 3.8) is 0 Å². The van der Waals surface area contributed by atoms with Crippen LogP contribution in [0, 0.1) is 0 Å². The molecule has 0 aliphatic carbocycles. The van der Waals surface area contributed by atoms with Crippen LogP contribution in [0.4, 0.5) is 16.3 Å². The summed E-state index contributed by atoms with van der Waals surface area (Å²) in [6.45, 7) is 6.90. The Bertz CT molecular complexity index is 604. The van der Waals surface area contributed by atoms with Gasteiger partial charge < -0.3 is 25.8 Å². The molecule has 2 atom stereocenters. The van der Waals surface area contributed by atoms with Crippen molar-refractivity contribution in [1.82, 2.24) is 10.3 Å². The normalized spacial score (nSPS) is 13.6. The second kappa shape index (κ2) is 8.18. The van der Waals surface area contributed by atoms with Gasteiger partial charge in [-0.05, 0) is 49.7 Å². The number of methoxy groups -OCH3 is 1. The van der Waals surface area contributed by atoms with Crippen LogP contribution in [0.3, 0.4) is 0 Å². The fourth-order valence-electron chi connectivity index (χ4n) is 1.84. The minimum Gasteiger partial charge on any atom is -0.467 e. The number of hydrogen-bond acceptors (Lipinski definition) is 7. The first-order valence-electron chi connectivity index (χ1n) is 7.28. The number of esters is 1. The van der Waals surface area contributed by atoms with Crippen molar-refractivity contribution in [3.8, 4) is 0 Å². The highest BCUT2D eigenvalue weighted by atomic mass is 79.9. The van der Waals surface area contributed by atoms with E-state index in [4.69, 9.17) is 15.2 Å². The molecule has 0 spiro atoms. The van der Waals surface area contributed by atoms with Gasteiger partial charge in [-0.2, -0.15) is 0 Å². The lowest BCUT2D eigenvalue weighted by Gasteiger charge is -2.27. The van der Waals surface area contributed by atoms with Crippen LogP contribution in [0.1, 0.15) is 27.7 Å². The predicted octanol–water partition coefficient (Wildman–Crippen LogP) is 2.29. The van der Waals surface area contributed by atoms with Gasteiger partial charge in [0.05, 0.1) is 18.8 Å². The second-order valence-corrected chi connectivity index (χ2v) is 7.08. The van der Waals surface area contributed by atoms with Crippen molar-refractivity contribution >= 4 is 39.5 Å². The van der Waals surface area contributed by atoms with Gasteiger partial charge in [-0.25, -0.2) is 14.6 Å². The van der Waals surface area contributed by atoms with Gasteiger partial charge in [-0.15, -0.1) is 0 Å². The maximum Gasteiger partial charge on any atom is 0.408 e. The molecule has 134 valence electrons. The fourth-order valence-corrected chi connectivity index (χ4v) is 2.17. The van der Waals surface area contributed by atoms with Crippen molar-refractivity contribution in [1.29, 1.82) is 0 Å². The summed E-state index contributed by atoms with van der Waals surface area (Å²) < 4.78 is 10.7. The number of anilines is 2. The van der Waals surface area contributed by atoms with E-state index in [-0.39, 0.29) is 5.82 Å². The number of pyridine rings is 1. The molecule has 0 saturated heterocycles. The summed E-state index contributed by atoms with van der Waals surface area (Å²) in [5.41, 5.74) is 5.65. The Labute approximate surface area is 149 Å². The summed E-state index contributed by atoms with van der Waals surface area (Å²) in [6, 6.07) is 0.229. The quantitative estimate of drug-likeness (QED) is 0.646. The van der Waals surface area contributed by atoms with Crippen LogP contribution in [0.2, 0.25) is 0 Å². The first-order chi connectivity index (χ1) is 11.0. The van der Waals surface area contributed by atoms with Crippen LogP contribution in [-0.4, -0.2) is 41.8 Å². The van der Waals surface area contributed by atoms with Crippen molar-refractivity contribution in [2.45, 2.75) is 45.4 Å². The third-order valence-corrected chi connectivity index (χ3v) is 3.33. The molecule has 1 aromatic rings. The SMILES string of the molecule is COC(=O)[C@H](NC(=O)OC(C)(C)C)[C@@H](C)Nc1cc(Br)cnc1N. The molecule has 1 rings (SSSR count). The molecular formula is C15H23BrN4O4. The van der Waals surface area contributed by atoms with Gasteiger partial charge in [0.15, 0.2) is 0 Å². The van der Waals surface area contributed by atoms with E-state index < -0.39 is 29.7 Å². The van der Waals surface area contributed by atoms with Gasteiger partial charge in [-0.3, -0.25) is 0 Å². The zero-order valence-electron chi connectivity index (χ0n) is 14.3. The van der Waals surface area contributed by atoms with E-state index in [2.05, 4.69) is 31.5 Å². The first-order valence-corrected chi connectivity index (χ1v) is 8.07. The largest absolute Gasteiger partial charge is 0.467 e. The lowest BCUT2D eigenvalue weighted by Crippen LogP contribution is -2.52. The van der Waals surface area contributed by atoms with E-state index in [9.17, 15) is 9.59 Å². The van der Waals surface area contributed by atoms with Gasteiger partial charge in [0.25, 0.3) is 0 Å². The lowest BCUT2D eigenvalue weighted by molar-refractivity contribution is -0.143. The van der Waals surface area contributed by atoms with E-state index in [1.165, 1.54) is 7.11 Å². The molecule has 0 aliphatic rings. The number of nitrogen functional groups attached to an aromatic ring is 1. The van der Waals surface area contributed by atoms with E-state index in [0.29, 0.717) is 5.69 Å². The summed E-state index contributed by atoms with van der Waals surface area (Å²) in [5.74, 6) is -0.340. The molecule has 0 aliphatic heterocycles. The highest BCUT2D eigenvalue weighted by molar-refractivity contribution is 9.10.